The van der Waals surface area contributed by atoms with Crippen molar-refractivity contribution in [3.63, 3.8) is 0 Å². The van der Waals surface area contributed by atoms with E-state index >= 15 is 0 Å². The number of pyridine rings is 1. The van der Waals surface area contributed by atoms with Gasteiger partial charge in [0, 0.05) is 37.1 Å². The molecule has 1 aliphatic rings. The number of rotatable bonds is 7. The average molecular weight is 568 g/mol. The highest BCUT2D eigenvalue weighted by molar-refractivity contribution is 7.92. The smallest absolute Gasteiger partial charge is 0.280 e. The van der Waals surface area contributed by atoms with Crippen molar-refractivity contribution in [3.05, 3.63) is 94.9 Å². The van der Waals surface area contributed by atoms with E-state index < -0.39 is 15.8 Å². The number of nitrogens with zero attached hydrogens (tertiary/aromatic N) is 3. The molecule has 0 spiro atoms. The molecule has 2 aromatic heterocycles. The van der Waals surface area contributed by atoms with Gasteiger partial charge in [-0.2, -0.15) is 8.42 Å². The van der Waals surface area contributed by atoms with Crippen molar-refractivity contribution < 1.29 is 26.5 Å². The second-order valence-electron chi connectivity index (χ2n) is 9.70. The molecule has 1 fully saturated rings. The van der Waals surface area contributed by atoms with Gasteiger partial charge in [0.25, 0.3) is 15.9 Å². The number of likely N-dealkylation sites (tertiary alicyclic amines) is 1. The number of amides is 1. The van der Waals surface area contributed by atoms with Gasteiger partial charge in [-0.3, -0.25) is 9.52 Å². The quantitative estimate of drug-likeness (QED) is 0.302. The number of benzene rings is 2. The number of hydrogen-bond donors (Lipinski definition) is 2. The lowest BCUT2D eigenvalue weighted by Crippen LogP contribution is -2.38. The molecule has 5 rings (SSSR count). The number of sulfonamides is 1. The maximum absolute atomic E-state index is 13.7. The van der Waals surface area contributed by atoms with Crippen molar-refractivity contribution in [1.82, 2.24) is 15.0 Å². The van der Waals surface area contributed by atoms with Crippen LogP contribution in [0.25, 0.3) is 0 Å². The van der Waals surface area contributed by atoms with Crippen LogP contribution >= 0.6 is 0 Å². The summed E-state index contributed by atoms with van der Waals surface area (Å²) in [4.78, 5) is 19.4. The van der Waals surface area contributed by atoms with Crippen molar-refractivity contribution in [2.24, 2.45) is 0 Å². The summed E-state index contributed by atoms with van der Waals surface area (Å²) in [5, 5.41) is 6.40. The molecule has 0 bridgehead atoms. The van der Waals surface area contributed by atoms with Gasteiger partial charge in [-0.25, -0.2) is 13.8 Å². The van der Waals surface area contributed by atoms with E-state index in [1.54, 1.807) is 30.9 Å². The van der Waals surface area contributed by atoms with Crippen LogP contribution in [0.3, 0.4) is 0 Å². The first-order chi connectivity index (χ1) is 19.1. The van der Waals surface area contributed by atoms with Crippen LogP contribution in [0.4, 0.5) is 26.0 Å². The Bertz CT molecular complexity index is 1650. The first-order valence-electron chi connectivity index (χ1n) is 12.6. The largest absolute Gasteiger partial charge is 0.360 e. The molecule has 0 unspecified atom stereocenters. The first-order valence-corrected chi connectivity index (χ1v) is 14.1. The summed E-state index contributed by atoms with van der Waals surface area (Å²) < 4.78 is 60.4. The predicted octanol–water partition coefficient (Wildman–Crippen LogP) is 5.53. The monoisotopic (exact) mass is 567 g/mol. The molecule has 1 amide bonds. The van der Waals surface area contributed by atoms with Crippen molar-refractivity contribution in [3.8, 4) is 0 Å². The molecule has 2 aromatic carbocycles. The van der Waals surface area contributed by atoms with Crippen LogP contribution in [0.5, 0.6) is 0 Å². The maximum atomic E-state index is 13.7. The third-order valence-corrected chi connectivity index (χ3v) is 8.08. The van der Waals surface area contributed by atoms with Crippen LogP contribution < -0.4 is 10.0 Å². The third kappa shape index (κ3) is 5.96. The molecule has 208 valence electrons. The SMILES string of the molecule is Cc1cc(NS(=O)(=O)c2cc(Nc3ccc(F)cc3C)c(C(=O)N3CCC(c4ccc(F)cc4)CC3)cn2)no1. The number of aromatic nitrogens is 2. The molecule has 0 saturated carbocycles. The van der Waals surface area contributed by atoms with Crippen LogP contribution in [0.1, 0.15) is 46.0 Å². The maximum Gasteiger partial charge on any atom is 0.280 e. The second-order valence-corrected chi connectivity index (χ2v) is 11.3. The molecule has 0 atom stereocenters. The summed E-state index contributed by atoms with van der Waals surface area (Å²) in [6.07, 6.45) is 2.61. The molecule has 0 radical (unpaired) electrons. The third-order valence-electron chi connectivity index (χ3n) is 6.83. The lowest BCUT2D eigenvalue weighted by Gasteiger charge is -2.32. The normalized spacial score (nSPS) is 14.2. The van der Waals surface area contributed by atoms with Gasteiger partial charge in [0.1, 0.15) is 17.4 Å². The molecular formula is C28H27F2N5O4S. The Labute approximate surface area is 230 Å². The van der Waals surface area contributed by atoms with E-state index in [0.29, 0.717) is 42.9 Å². The number of aryl methyl sites for hydroxylation is 2. The van der Waals surface area contributed by atoms with E-state index in [4.69, 9.17) is 4.52 Å². The molecule has 12 heteroatoms. The van der Waals surface area contributed by atoms with Crippen molar-refractivity contribution in [2.45, 2.75) is 37.6 Å². The number of piperidine rings is 1. The Balaban J connectivity index is 1.42. The van der Waals surface area contributed by atoms with Gasteiger partial charge in [-0.05, 0) is 74.1 Å². The Morgan fingerprint density at radius 2 is 1.68 bits per heavy atom. The van der Waals surface area contributed by atoms with Crippen molar-refractivity contribution in [1.29, 1.82) is 0 Å². The zero-order valence-corrected chi connectivity index (χ0v) is 22.6. The Hall–Kier alpha value is -4.32. The highest BCUT2D eigenvalue weighted by Gasteiger charge is 2.28. The lowest BCUT2D eigenvalue weighted by atomic mass is 9.89. The molecule has 3 heterocycles. The Morgan fingerprint density at radius 1 is 0.975 bits per heavy atom. The van der Waals surface area contributed by atoms with Gasteiger partial charge in [0.05, 0.1) is 11.3 Å². The number of carbonyl (C=O) groups is 1. The highest BCUT2D eigenvalue weighted by Crippen LogP contribution is 2.31. The topological polar surface area (TPSA) is 117 Å². The molecule has 40 heavy (non-hydrogen) atoms. The summed E-state index contributed by atoms with van der Waals surface area (Å²) in [6.45, 7) is 4.24. The zero-order chi connectivity index (χ0) is 28.4. The molecular weight excluding hydrogens is 540 g/mol. The molecule has 2 N–H and O–H groups in total. The predicted molar refractivity (Wildman–Crippen MR) is 145 cm³/mol. The number of halogens is 2. The minimum Gasteiger partial charge on any atom is -0.360 e. The van der Waals surface area contributed by atoms with Gasteiger partial charge in [-0.15, -0.1) is 0 Å². The van der Waals surface area contributed by atoms with E-state index in [2.05, 4.69) is 20.2 Å². The Morgan fingerprint density at radius 3 is 2.33 bits per heavy atom. The van der Waals surface area contributed by atoms with E-state index in [-0.39, 0.29) is 39.7 Å². The molecule has 1 aliphatic heterocycles. The van der Waals surface area contributed by atoms with Crippen molar-refractivity contribution in [2.75, 3.05) is 23.1 Å². The summed E-state index contributed by atoms with van der Waals surface area (Å²) in [6, 6.07) is 13.2. The molecule has 9 nitrogen and oxygen atoms in total. The fraction of sp³-hybridized carbons (Fsp3) is 0.250. The van der Waals surface area contributed by atoms with E-state index in [9.17, 15) is 22.0 Å². The van der Waals surface area contributed by atoms with Gasteiger partial charge < -0.3 is 14.7 Å². The second kappa shape index (κ2) is 11.0. The van der Waals surface area contributed by atoms with Crippen LogP contribution in [0.2, 0.25) is 0 Å². The molecule has 1 saturated heterocycles. The van der Waals surface area contributed by atoms with Gasteiger partial charge in [0.15, 0.2) is 10.8 Å². The minimum absolute atomic E-state index is 0.00707. The van der Waals surface area contributed by atoms with Crippen molar-refractivity contribution >= 4 is 33.1 Å². The molecule has 4 aromatic rings. The summed E-state index contributed by atoms with van der Waals surface area (Å²) in [5.74, 6) is -0.431. The van der Waals surface area contributed by atoms with Crippen LogP contribution in [0.15, 0.2) is 70.3 Å². The van der Waals surface area contributed by atoms with Crippen LogP contribution in [-0.2, 0) is 10.0 Å². The minimum atomic E-state index is -4.18. The fourth-order valence-electron chi connectivity index (χ4n) is 4.70. The van der Waals surface area contributed by atoms with Gasteiger partial charge in [-0.1, -0.05) is 17.3 Å². The summed E-state index contributed by atoms with van der Waals surface area (Å²) in [5.41, 5.74) is 2.46. The van der Waals surface area contributed by atoms with E-state index in [0.717, 1.165) is 5.56 Å². The van der Waals surface area contributed by atoms with Gasteiger partial charge >= 0.3 is 0 Å². The first kappa shape index (κ1) is 27.3. The standard InChI is InChI=1S/C28H27F2N5O4S/c1-17-13-22(30)7-8-24(17)32-25-15-27(40(37,38)34-26-14-18(2)39-33-26)31-16-23(25)28(36)35-11-9-20(10-12-35)19-3-5-21(29)6-4-19/h3-8,13-16,20H,9-12H2,1-2H3,(H,31,32)(H,33,34). The van der Waals surface area contributed by atoms with E-state index in [1.807, 2.05) is 0 Å². The Kier molecular flexibility index (Phi) is 7.53. The number of carbonyl (C=O) groups excluding carboxylic acids is 1. The van der Waals surface area contributed by atoms with Gasteiger partial charge in [0.2, 0.25) is 0 Å². The number of nitrogens with one attached hydrogen (secondary N) is 2. The zero-order valence-electron chi connectivity index (χ0n) is 21.8. The van der Waals surface area contributed by atoms with Crippen LogP contribution in [-0.4, -0.2) is 42.5 Å². The number of anilines is 3. The molecule has 0 aliphatic carbocycles. The highest BCUT2D eigenvalue weighted by atomic mass is 32.2. The average Bonchev–Trinajstić information content (AvgIpc) is 3.34. The summed E-state index contributed by atoms with van der Waals surface area (Å²) in [7, 11) is -4.18. The van der Waals surface area contributed by atoms with Crippen LogP contribution in [0, 0.1) is 25.5 Å². The van der Waals surface area contributed by atoms with E-state index in [1.165, 1.54) is 48.7 Å². The summed E-state index contributed by atoms with van der Waals surface area (Å²) >= 11 is 0. The fourth-order valence-corrected chi connectivity index (χ4v) is 5.64. The number of hydrogen-bond acceptors (Lipinski definition) is 7. The lowest BCUT2D eigenvalue weighted by molar-refractivity contribution is 0.0713.